The van der Waals surface area contributed by atoms with E-state index in [1.165, 1.54) is 22.5 Å². The Morgan fingerprint density at radius 2 is 2.00 bits per heavy atom. The van der Waals surface area contributed by atoms with Crippen LogP contribution in [0.25, 0.3) is 0 Å². The normalized spacial score (nSPS) is 15.1. The molecule has 0 aromatic heterocycles. The molecule has 1 aliphatic heterocycles. The Morgan fingerprint density at radius 3 is 2.78 bits per heavy atom. The number of hydrogen-bond donors (Lipinski definition) is 1. The molecule has 0 saturated heterocycles. The summed E-state index contributed by atoms with van der Waals surface area (Å²) in [5, 5.41) is 3.14. The van der Waals surface area contributed by atoms with E-state index in [2.05, 4.69) is 5.32 Å². The van der Waals surface area contributed by atoms with E-state index in [-0.39, 0.29) is 10.8 Å². The fraction of sp³-hybridized carbons (Fsp3) is 0.250. The molecule has 2 aromatic carbocycles. The van der Waals surface area contributed by atoms with Gasteiger partial charge in [-0.25, -0.2) is 12.8 Å². The van der Waals surface area contributed by atoms with E-state index in [9.17, 15) is 12.8 Å². The number of hydrogen-bond acceptors (Lipinski definition) is 3. The summed E-state index contributed by atoms with van der Waals surface area (Å²) in [6.45, 7) is 1.55. The van der Waals surface area contributed by atoms with Gasteiger partial charge in [0.1, 0.15) is 5.82 Å². The molecule has 122 valence electrons. The van der Waals surface area contributed by atoms with Crippen molar-refractivity contribution < 1.29 is 12.8 Å². The minimum absolute atomic E-state index is 0.0735. The van der Waals surface area contributed by atoms with Crippen LogP contribution < -0.4 is 9.62 Å². The summed E-state index contributed by atoms with van der Waals surface area (Å²) in [7, 11) is -3.59. The maximum atomic E-state index is 13.2. The van der Waals surface area contributed by atoms with Crippen molar-refractivity contribution in [1.82, 2.24) is 5.32 Å². The van der Waals surface area contributed by atoms with Crippen LogP contribution in [0.2, 0.25) is 5.02 Å². The Bertz CT molecular complexity index is 827. The minimum atomic E-state index is -3.59. The van der Waals surface area contributed by atoms with Crippen LogP contribution in [0.1, 0.15) is 11.1 Å². The summed E-state index contributed by atoms with van der Waals surface area (Å²) in [6, 6.07) is 11.4. The fourth-order valence-electron chi connectivity index (χ4n) is 2.63. The van der Waals surface area contributed by atoms with E-state index < -0.39 is 15.8 Å². The van der Waals surface area contributed by atoms with Gasteiger partial charge in [0.2, 0.25) is 10.0 Å². The number of benzene rings is 2. The first-order valence-corrected chi connectivity index (χ1v) is 9.19. The summed E-state index contributed by atoms with van der Waals surface area (Å²) in [6.07, 6.45) is 0. The number of para-hydroxylation sites is 1. The predicted molar refractivity (Wildman–Crippen MR) is 89.5 cm³/mol. The molecule has 1 heterocycles. The first-order chi connectivity index (χ1) is 11.0. The highest BCUT2D eigenvalue weighted by atomic mass is 35.5. The topological polar surface area (TPSA) is 49.4 Å². The average molecular weight is 355 g/mol. The molecule has 0 saturated carbocycles. The van der Waals surface area contributed by atoms with Gasteiger partial charge >= 0.3 is 0 Å². The van der Waals surface area contributed by atoms with Crippen molar-refractivity contribution >= 4 is 27.3 Å². The first kappa shape index (κ1) is 16.2. The van der Waals surface area contributed by atoms with Crippen LogP contribution >= 0.6 is 11.6 Å². The highest BCUT2D eigenvalue weighted by Gasteiger charge is 2.26. The van der Waals surface area contributed by atoms with Gasteiger partial charge in [-0.2, -0.15) is 0 Å². The van der Waals surface area contributed by atoms with Crippen LogP contribution in [0.3, 0.4) is 0 Å². The van der Waals surface area contributed by atoms with E-state index in [1.54, 1.807) is 6.07 Å². The summed E-state index contributed by atoms with van der Waals surface area (Å²) < 4.78 is 40.3. The molecule has 3 rings (SSSR count). The van der Waals surface area contributed by atoms with E-state index in [4.69, 9.17) is 11.6 Å². The Balaban J connectivity index is 1.94. The lowest BCUT2D eigenvalue weighted by molar-refractivity contribution is 0.588. The van der Waals surface area contributed by atoms with Gasteiger partial charge in [-0.1, -0.05) is 35.9 Å². The molecular formula is C16H16ClFN2O2S. The largest absolute Gasteiger partial charge is 0.311 e. The van der Waals surface area contributed by atoms with Crippen LogP contribution in [-0.2, 0) is 22.3 Å². The lowest BCUT2D eigenvalue weighted by Gasteiger charge is -2.24. The summed E-state index contributed by atoms with van der Waals surface area (Å²) in [5.74, 6) is -0.779. The van der Waals surface area contributed by atoms with Crippen LogP contribution in [0, 0.1) is 5.82 Å². The molecule has 0 atom stereocenters. The van der Waals surface area contributed by atoms with Gasteiger partial charge in [0.05, 0.1) is 16.5 Å². The lowest BCUT2D eigenvalue weighted by Crippen LogP contribution is -2.35. The van der Waals surface area contributed by atoms with E-state index in [0.29, 0.717) is 30.9 Å². The summed E-state index contributed by atoms with van der Waals surface area (Å²) in [4.78, 5) is 0. The molecule has 0 spiro atoms. The fourth-order valence-corrected chi connectivity index (χ4v) is 4.44. The van der Waals surface area contributed by atoms with Gasteiger partial charge < -0.3 is 5.32 Å². The molecule has 1 aliphatic rings. The second-order valence-electron chi connectivity index (χ2n) is 5.38. The molecule has 1 N–H and O–H groups in total. The minimum Gasteiger partial charge on any atom is -0.311 e. The molecule has 0 unspecified atom stereocenters. The quantitative estimate of drug-likeness (QED) is 0.922. The van der Waals surface area contributed by atoms with Crippen molar-refractivity contribution in [3.05, 3.63) is 64.4 Å². The van der Waals surface area contributed by atoms with Crippen molar-refractivity contribution in [2.45, 2.75) is 12.3 Å². The van der Waals surface area contributed by atoms with Crippen molar-refractivity contribution in [2.75, 3.05) is 17.4 Å². The Hall–Kier alpha value is -1.63. The zero-order valence-corrected chi connectivity index (χ0v) is 13.9. The second-order valence-corrected chi connectivity index (χ2v) is 7.68. The molecule has 4 nitrogen and oxygen atoms in total. The molecule has 0 amide bonds. The molecule has 0 aliphatic carbocycles. The number of fused-ring (bicyclic) bond motifs is 1. The maximum Gasteiger partial charge on any atom is 0.239 e. The van der Waals surface area contributed by atoms with Gasteiger partial charge in [-0.3, -0.25) is 4.31 Å². The van der Waals surface area contributed by atoms with E-state index in [0.717, 1.165) is 5.56 Å². The number of sulfonamides is 1. The van der Waals surface area contributed by atoms with Gasteiger partial charge in [0.25, 0.3) is 0 Å². The van der Waals surface area contributed by atoms with Crippen molar-refractivity contribution in [3.8, 4) is 0 Å². The molecule has 2 aromatic rings. The average Bonchev–Trinajstić information content (AvgIpc) is 2.73. The molecule has 0 radical (unpaired) electrons. The molecule has 7 heteroatoms. The number of nitrogens with zero attached hydrogens (tertiary/aromatic N) is 1. The zero-order valence-electron chi connectivity index (χ0n) is 12.3. The molecule has 0 bridgehead atoms. The monoisotopic (exact) mass is 354 g/mol. The van der Waals surface area contributed by atoms with E-state index >= 15 is 0 Å². The van der Waals surface area contributed by atoms with Crippen LogP contribution in [-0.4, -0.2) is 21.5 Å². The number of nitrogens with one attached hydrogen (secondary N) is 1. The van der Waals surface area contributed by atoms with E-state index in [1.807, 2.05) is 18.2 Å². The summed E-state index contributed by atoms with van der Waals surface area (Å²) >= 11 is 5.74. The lowest BCUT2D eigenvalue weighted by atomic mass is 10.2. The third kappa shape index (κ3) is 3.49. The van der Waals surface area contributed by atoms with Crippen molar-refractivity contribution in [3.63, 3.8) is 0 Å². The second kappa shape index (κ2) is 6.47. The summed E-state index contributed by atoms with van der Waals surface area (Å²) in [5.41, 5.74) is 2.09. The molecule has 0 fully saturated rings. The third-order valence-electron chi connectivity index (χ3n) is 3.74. The smallest absolute Gasteiger partial charge is 0.239 e. The maximum absolute atomic E-state index is 13.2. The standard InChI is InChI=1S/C16H16ClFN2O2S/c17-14-9-12(5-6-15(14)18)11-23(21,22)20-8-7-19-10-13-3-1-2-4-16(13)20/h1-6,9,19H,7-8,10-11H2. The van der Waals surface area contributed by atoms with Gasteiger partial charge in [-0.05, 0) is 29.3 Å². The predicted octanol–water partition coefficient (Wildman–Crippen LogP) is 2.92. The Morgan fingerprint density at radius 1 is 1.22 bits per heavy atom. The van der Waals surface area contributed by atoms with Gasteiger partial charge in [0, 0.05) is 19.6 Å². The molecular weight excluding hydrogens is 339 g/mol. The van der Waals surface area contributed by atoms with Gasteiger partial charge in [-0.15, -0.1) is 0 Å². The zero-order chi connectivity index (χ0) is 16.4. The third-order valence-corrected chi connectivity index (χ3v) is 5.77. The highest BCUT2D eigenvalue weighted by molar-refractivity contribution is 7.92. The Kier molecular flexibility index (Phi) is 4.57. The number of halogens is 2. The van der Waals surface area contributed by atoms with Crippen LogP contribution in [0.5, 0.6) is 0 Å². The number of rotatable bonds is 3. The highest BCUT2D eigenvalue weighted by Crippen LogP contribution is 2.27. The SMILES string of the molecule is O=S(=O)(Cc1ccc(F)c(Cl)c1)N1CCNCc2ccccc21. The Labute approximate surface area is 139 Å². The van der Waals surface area contributed by atoms with Crippen molar-refractivity contribution in [2.24, 2.45) is 0 Å². The van der Waals surface area contributed by atoms with Crippen molar-refractivity contribution in [1.29, 1.82) is 0 Å². The van der Waals surface area contributed by atoms with Gasteiger partial charge in [0.15, 0.2) is 0 Å². The first-order valence-electron chi connectivity index (χ1n) is 7.20. The van der Waals surface area contributed by atoms with Crippen LogP contribution in [0.15, 0.2) is 42.5 Å². The molecule has 23 heavy (non-hydrogen) atoms. The number of anilines is 1. The van der Waals surface area contributed by atoms with Crippen LogP contribution in [0.4, 0.5) is 10.1 Å².